The number of phenols is 1. The molecule has 4 heteroatoms. The number of hydrogen-bond donors (Lipinski definition) is 2. The third-order valence-corrected chi connectivity index (χ3v) is 7.82. The summed E-state index contributed by atoms with van der Waals surface area (Å²) in [6.07, 6.45) is 9.40. The Labute approximate surface area is 192 Å². The zero-order valence-corrected chi connectivity index (χ0v) is 18.6. The quantitative estimate of drug-likeness (QED) is 0.459. The second-order valence-corrected chi connectivity index (χ2v) is 9.72. The van der Waals surface area contributed by atoms with E-state index in [9.17, 15) is 9.90 Å². The minimum absolute atomic E-state index is 0.00340. The van der Waals surface area contributed by atoms with Crippen molar-refractivity contribution in [3.63, 3.8) is 0 Å². The molecule has 1 fully saturated rings. The molecular formula is C28H25NO2S. The molecule has 2 aliphatic carbocycles. The number of carbonyl (C=O) groups is 1. The van der Waals surface area contributed by atoms with E-state index in [-0.39, 0.29) is 16.9 Å². The van der Waals surface area contributed by atoms with Gasteiger partial charge in [-0.1, -0.05) is 73.5 Å². The Kier molecular flexibility index (Phi) is 5.48. The Hall–Kier alpha value is -3.11. The molecule has 2 N–H and O–H groups in total. The van der Waals surface area contributed by atoms with Gasteiger partial charge in [0.05, 0.1) is 0 Å². The lowest BCUT2D eigenvalue weighted by molar-refractivity contribution is 0.106. The predicted octanol–water partition coefficient (Wildman–Crippen LogP) is 7.02. The molecule has 0 aliphatic heterocycles. The first kappa shape index (κ1) is 20.8. The number of Topliss-reactive ketones (excluding diaryl/α,β-unsaturated/α-hetero) is 1. The molecule has 0 aromatic heterocycles. The largest absolute Gasteiger partial charge is 0.508 e. The number of ketones is 1. The van der Waals surface area contributed by atoms with Crippen LogP contribution in [0.4, 0.5) is 0 Å². The summed E-state index contributed by atoms with van der Waals surface area (Å²) in [6.45, 7) is 0. The van der Waals surface area contributed by atoms with Crippen LogP contribution in [0.1, 0.15) is 59.2 Å². The highest BCUT2D eigenvalue weighted by Gasteiger charge is 2.35. The molecule has 0 amide bonds. The van der Waals surface area contributed by atoms with Gasteiger partial charge in [-0.3, -0.25) is 10.2 Å². The first-order chi connectivity index (χ1) is 15.6. The lowest BCUT2D eigenvalue weighted by Gasteiger charge is -2.38. The molecule has 32 heavy (non-hydrogen) atoms. The number of benzene rings is 3. The Morgan fingerprint density at radius 3 is 2.16 bits per heavy atom. The van der Waals surface area contributed by atoms with Crippen molar-refractivity contribution in [2.24, 2.45) is 0 Å². The van der Waals surface area contributed by atoms with Crippen LogP contribution >= 0.6 is 11.8 Å². The average Bonchev–Trinajstić information content (AvgIpc) is 2.83. The number of hydrogen-bond acceptors (Lipinski definition) is 4. The van der Waals surface area contributed by atoms with Crippen molar-refractivity contribution in [1.82, 2.24) is 0 Å². The molecule has 0 atom stereocenters. The van der Waals surface area contributed by atoms with Crippen LogP contribution in [0, 0.1) is 5.41 Å². The van der Waals surface area contributed by atoms with Gasteiger partial charge in [0.2, 0.25) is 5.78 Å². The zero-order chi connectivity index (χ0) is 22.1. The second-order valence-electron chi connectivity index (χ2n) is 8.61. The SMILES string of the molecule is N=C1C=Cc2c(Sc3ccc(C4(c5ccc(O)cc5)CCCCC4)cc3)cccc2C1=O. The van der Waals surface area contributed by atoms with Crippen molar-refractivity contribution in [3.05, 3.63) is 95.1 Å². The Balaban J connectivity index is 1.46. The van der Waals surface area contributed by atoms with Crippen LogP contribution in [0.2, 0.25) is 0 Å². The van der Waals surface area contributed by atoms with Crippen molar-refractivity contribution in [1.29, 1.82) is 5.41 Å². The number of nitrogens with one attached hydrogen (secondary N) is 1. The second kappa shape index (κ2) is 8.44. The van der Waals surface area contributed by atoms with Crippen molar-refractivity contribution in [2.75, 3.05) is 0 Å². The van der Waals surface area contributed by atoms with Gasteiger partial charge >= 0.3 is 0 Å². The Morgan fingerprint density at radius 1 is 0.812 bits per heavy atom. The first-order valence-electron chi connectivity index (χ1n) is 11.1. The molecule has 0 saturated heterocycles. The van der Waals surface area contributed by atoms with Gasteiger partial charge < -0.3 is 5.11 Å². The van der Waals surface area contributed by atoms with Crippen LogP contribution in [0.15, 0.2) is 82.6 Å². The van der Waals surface area contributed by atoms with Crippen LogP contribution < -0.4 is 0 Å². The van der Waals surface area contributed by atoms with E-state index in [1.165, 1.54) is 30.4 Å². The standard InChI is InChI=1S/C28H25NO2S/c29-25-16-15-23-24(27(25)31)5-4-6-26(23)32-22-13-9-20(10-14-22)28(17-2-1-3-18-28)19-7-11-21(30)12-8-19/h4-16,29-30H,1-3,17-18H2. The summed E-state index contributed by atoms with van der Waals surface area (Å²) in [4.78, 5) is 14.5. The molecule has 5 rings (SSSR count). The van der Waals surface area contributed by atoms with E-state index in [2.05, 4.69) is 36.4 Å². The van der Waals surface area contributed by atoms with Crippen LogP contribution in [0.25, 0.3) is 6.08 Å². The van der Waals surface area contributed by atoms with E-state index < -0.39 is 0 Å². The summed E-state index contributed by atoms with van der Waals surface area (Å²) in [6, 6.07) is 22.3. The van der Waals surface area contributed by atoms with Crippen LogP contribution in [-0.4, -0.2) is 16.6 Å². The number of fused-ring (bicyclic) bond motifs is 1. The van der Waals surface area contributed by atoms with E-state index in [1.807, 2.05) is 18.2 Å². The molecule has 0 spiro atoms. The van der Waals surface area contributed by atoms with E-state index in [0.717, 1.165) is 28.2 Å². The van der Waals surface area contributed by atoms with Crippen LogP contribution in [0.3, 0.4) is 0 Å². The zero-order valence-electron chi connectivity index (χ0n) is 17.8. The highest BCUT2D eigenvalue weighted by molar-refractivity contribution is 7.99. The number of carbonyl (C=O) groups excluding carboxylic acids is 1. The van der Waals surface area contributed by atoms with Gasteiger partial charge in [-0.25, -0.2) is 0 Å². The molecule has 160 valence electrons. The van der Waals surface area contributed by atoms with Gasteiger partial charge in [0, 0.05) is 20.8 Å². The number of phenolic OH excluding ortho intramolecular Hbond substituents is 1. The summed E-state index contributed by atoms with van der Waals surface area (Å²) in [5, 5.41) is 17.5. The number of rotatable bonds is 4. The van der Waals surface area contributed by atoms with E-state index in [1.54, 1.807) is 36.0 Å². The van der Waals surface area contributed by atoms with Gasteiger partial charge in [-0.15, -0.1) is 0 Å². The van der Waals surface area contributed by atoms with Gasteiger partial charge in [0.1, 0.15) is 11.5 Å². The highest BCUT2D eigenvalue weighted by Crippen LogP contribution is 2.46. The normalized spacial score (nSPS) is 17.2. The van der Waals surface area contributed by atoms with Gasteiger partial charge in [0.25, 0.3) is 0 Å². The third kappa shape index (κ3) is 3.69. The molecule has 2 aliphatic rings. The topological polar surface area (TPSA) is 61.1 Å². The van der Waals surface area contributed by atoms with Gasteiger partial charge in [-0.05, 0) is 65.9 Å². The maximum Gasteiger partial charge on any atom is 0.211 e. The monoisotopic (exact) mass is 439 g/mol. The van der Waals surface area contributed by atoms with Crippen molar-refractivity contribution in [2.45, 2.75) is 47.3 Å². The number of allylic oxidation sites excluding steroid dienone is 1. The fourth-order valence-electron chi connectivity index (χ4n) is 5.04. The highest BCUT2D eigenvalue weighted by atomic mass is 32.2. The molecule has 3 nitrogen and oxygen atoms in total. The molecular weight excluding hydrogens is 414 g/mol. The molecule has 0 radical (unpaired) electrons. The lowest BCUT2D eigenvalue weighted by atomic mass is 9.65. The van der Waals surface area contributed by atoms with E-state index in [0.29, 0.717) is 11.3 Å². The van der Waals surface area contributed by atoms with Gasteiger partial charge in [-0.2, -0.15) is 0 Å². The molecule has 0 bridgehead atoms. The lowest BCUT2D eigenvalue weighted by Crippen LogP contribution is -2.30. The summed E-state index contributed by atoms with van der Waals surface area (Å²) in [5.41, 5.74) is 4.14. The summed E-state index contributed by atoms with van der Waals surface area (Å²) < 4.78 is 0. The fourth-order valence-corrected chi connectivity index (χ4v) is 6.00. The molecule has 3 aromatic carbocycles. The van der Waals surface area contributed by atoms with Crippen LogP contribution in [0.5, 0.6) is 5.75 Å². The van der Waals surface area contributed by atoms with E-state index >= 15 is 0 Å². The Morgan fingerprint density at radius 2 is 1.47 bits per heavy atom. The molecule has 0 heterocycles. The molecule has 3 aromatic rings. The smallest absolute Gasteiger partial charge is 0.211 e. The summed E-state index contributed by atoms with van der Waals surface area (Å²) in [7, 11) is 0. The first-order valence-corrected chi connectivity index (χ1v) is 11.9. The maximum atomic E-state index is 12.3. The summed E-state index contributed by atoms with van der Waals surface area (Å²) in [5.74, 6) is 0.0914. The van der Waals surface area contributed by atoms with Crippen molar-refractivity contribution in [3.8, 4) is 5.75 Å². The fraction of sp³-hybridized carbons (Fsp3) is 0.214. The van der Waals surface area contributed by atoms with Crippen molar-refractivity contribution >= 4 is 29.3 Å². The van der Waals surface area contributed by atoms with Gasteiger partial charge in [0.15, 0.2) is 0 Å². The number of aromatic hydroxyl groups is 1. The van der Waals surface area contributed by atoms with Crippen molar-refractivity contribution < 1.29 is 9.90 Å². The minimum Gasteiger partial charge on any atom is -0.508 e. The third-order valence-electron chi connectivity index (χ3n) is 6.73. The molecule has 1 saturated carbocycles. The van der Waals surface area contributed by atoms with E-state index in [4.69, 9.17) is 5.41 Å². The Bertz CT molecular complexity index is 1200. The average molecular weight is 440 g/mol. The summed E-state index contributed by atoms with van der Waals surface area (Å²) >= 11 is 1.65. The predicted molar refractivity (Wildman–Crippen MR) is 130 cm³/mol. The van der Waals surface area contributed by atoms with Crippen LogP contribution in [-0.2, 0) is 5.41 Å². The maximum absolute atomic E-state index is 12.3. The minimum atomic E-state index is -0.214. The molecule has 0 unspecified atom stereocenters.